The second-order valence-corrected chi connectivity index (χ2v) is 4.12. The van der Waals surface area contributed by atoms with E-state index in [-0.39, 0.29) is 12.1 Å². The van der Waals surface area contributed by atoms with Gasteiger partial charge in [0.1, 0.15) is 6.10 Å². The van der Waals surface area contributed by atoms with E-state index in [1.54, 1.807) is 0 Å². The normalized spacial score (nSPS) is 24.3. The molecule has 1 aliphatic heterocycles. The highest BCUT2D eigenvalue weighted by Gasteiger charge is 2.24. The van der Waals surface area contributed by atoms with E-state index in [1.165, 1.54) is 12.8 Å². The molecule has 13 heavy (non-hydrogen) atoms. The zero-order chi connectivity index (χ0) is 9.10. The minimum atomic E-state index is 0.0124. The maximum atomic E-state index is 11.4. The molecule has 3 heteroatoms. The van der Waals surface area contributed by atoms with E-state index in [9.17, 15) is 4.79 Å². The molecule has 2 fully saturated rings. The smallest absolute Gasteiger partial charge is 0.306 e. The van der Waals surface area contributed by atoms with Crippen LogP contribution in [0.1, 0.15) is 32.1 Å². The van der Waals surface area contributed by atoms with Crippen LogP contribution in [0.2, 0.25) is 0 Å². The van der Waals surface area contributed by atoms with Crippen LogP contribution in [-0.4, -0.2) is 25.2 Å². The second kappa shape index (κ2) is 4.09. The molecule has 1 saturated heterocycles. The molecule has 0 aromatic carbocycles. The molecule has 0 spiro atoms. The van der Waals surface area contributed by atoms with Crippen molar-refractivity contribution in [1.29, 1.82) is 0 Å². The predicted molar refractivity (Wildman–Crippen MR) is 49.3 cm³/mol. The highest BCUT2D eigenvalue weighted by molar-refractivity contribution is 5.70. The molecule has 0 unspecified atom stereocenters. The highest BCUT2D eigenvalue weighted by atomic mass is 16.5. The molecule has 2 rings (SSSR count). The van der Waals surface area contributed by atoms with Crippen molar-refractivity contribution >= 4 is 5.97 Å². The van der Waals surface area contributed by atoms with Gasteiger partial charge in [-0.05, 0) is 44.7 Å². The van der Waals surface area contributed by atoms with Crippen LogP contribution in [0, 0.1) is 5.92 Å². The van der Waals surface area contributed by atoms with Crippen LogP contribution in [0.15, 0.2) is 0 Å². The number of rotatable bonds is 3. The molecule has 0 aromatic heterocycles. The standard InChI is InChI=1S/C10H17NO2/c12-10(5-8-6-11-7-8)13-9-3-1-2-4-9/h8-9,11H,1-7H2. The number of carbonyl (C=O) groups excluding carboxylic acids is 1. The van der Waals surface area contributed by atoms with Crippen LogP contribution in [-0.2, 0) is 9.53 Å². The summed E-state index contributed by atoms with van der Waals surface area (Å²) in [6.07, 6.45) is 5.46. The average molecular weight is 183 g/mol. The number of ether oxygens (including phenoxy) is 1. The first kappa shape index (κ1) is 9.00. The summed E-state index contributed by atoms with van der Waals surface area (Å²) in [4.78, 5) is 11.4. The number of carbonyl (C=O) groups is 1. The van der Waals surface area contributed by atoms with Gasteiger partial charge in [0, 0.05) is 0 Å². The Hall–Kier alpha value is -0.570. The number of esters is 1. The first-order valence-electron chi connectivity index (χ1n) is 5.25. The van der Waals surface area contributed by atoms with Gasteiger partial charge in [0.25, 0.3) is 0 Å². The summed E-state index contributed by atoms with van der Waals surface area (Å²) in [5, 5.41) is 3.15. The molecule has 0 radical (unpaired) electrons. The van der Waals surface area contributed by atoms with Gasteiger partial charge in [0.05, 0.1) is 6.42 Å². The van der Waals surface area contributed by atoms with E-state index in [2.05, 4.69) is 5.32 Å². The fraction of sp³-hybridized carbons (Fsp3) is 0.900. The van der Waals surface area contributed by atoms with Gasteiger partial charge in [-0.2, -0.15) is 0 Å². The summed E-state index contributed by atoms with van der Waals surface area (Å²) in [7, 11) is 0. The lowest BCUT2D eigenvalue weighted by Gasteiger charge is -2.26. The predicted octanol–water partition coefficient (Wildman–Crippen LogP) is 1.08. The Morgan fingerprint density at radius 2 is 2.00 bits per heavy atom. The summed E-state index contributed by atoms with van der Waals surface area (Å²) in [5.41, 5.74) is 0. The first-order valence-corrected chi connectivity index (χ1v) is 5.25. The second-order valence-electron chi connectivity index (χ2n) is 4.12. The maximum absolute atomic E-state index is 11.4. The lowest BCUT2D eigenvalue weighted by Crippen LogP contribution is -2.43. The summed E-state index contributed by atoms with van der Waals surface area (Å²) in [6, 6.07) is 0. The largest absolute Gasteiger partial charge is 0.462 e. The topological polar surface area (TPSA) is 38.3 Å². The molecule has 0 bridgehead atoms. The lowest BCUT2D eigenvalue weighted by atomic mass is 10.00. The van der Waals surface area contributed by atoms with Crippen LogP contribution in [0.25, 0.3) is 0 Å². The fourth-order valence-corrected chi connectivity index (χ4v) is 1.97. The average Bonchev–Trinajstić information content (AvgIpc) is 2.49. The minimum Gasteiger partial charge on any atom is -0.462 e. The molecule has 1 aliphatic carbocycles. The quantitative estimate of drug-likeness (QED) is 0.665. The van der Waals surface area contributed by atoms with Crippen molar-refractivity contribution in [2.75, 3.05) is 13.1 Å². The molecule has 1 N–H and O–H groups in total. The van der Waals surface area contributed by atoms with Crippen molar-refractivity contribution in [3.05, 3.63) is 0 Å². The Morgan fingerprint density at radius 1 is 1.31 bits per heavy atom. The Labute approximate surface area is 78.8 Å². The van der Waals surface area contributed by atoms with E-state index >= 15 is 0 Å². The number of hydrogen-bond acceptors (Lipinski definition) is 3. The highest BCUT2D eigenvalue weighted by Crippen LogP contribution is 2.22. The van der Waals surface area contributed by atoms with Crippen LogP contribution >= 0.6 is 0 Å². The van der Waals surface area contributed by atoms with Crippen LogP contribution < -0.4 is 5.32 Å². The van der Waals surface area contributed by atoms with E-state index in [0.29, 0.717) is 12.3 Å². The fourth-order valence-electron chi connectivity index (χ4n) is 1.97. The zero-order valence-electron chi connectivity index (χ0n) is 7.92. The maximum Gasteiger partial charge on any atom is 0.306 e. The molecule has 2 aliphatic rings. The summed E-state index contributed by atoms with van der Waals surface area (Å²) in [6.45, 7) is 1.97. The minimum absolute atomic E-state index is 0.0124. The van der Waals surface area contributed by atoms with Gasteiger partial charge in [-0.3, -0.25) is 4.79 Å². The van der Waals surface area contributed by atoms with Gasteiger partial charge in [-0.1, -0.05) is 0 Å². The van der Waals surface area contributed by atoms with Crippen molar-refractivity contribution in [2.24, 2.45) is 5.92 Å². The van der Waals surface area contributed by atoms with Gasteiger partial charge in [-0.15, -0.1) is 0 Å². The van der Waals surface area contributed by atoms with Gasteiger partial charge in [-0.25, -0.2) is 0 Å². The van der Waals surface area contributed by atoms with E-state index in [4.69, 9.17) is 4.74 Å². The SMILES string of the molecule is O=C(CC1CNC1)OC1CCCC1. The lowest BCUT2D eigenvalue weighted by molar-refractivity contribution is -0.150. The molecule has 74 valence electrons. The van der Waals surface area contributed by atoms with Crippen molar-refractivity contribution < 1.29 is 9.53 Å². The van der Waals surface area contributed by atoms with Crippen LogP contribution in [0.5, 0.6) is 0 Å². The summed E-state index contributed by atoms with van der Waals surface area (Å²) in [5.74, 6) is 0.548. The van der Waals surface area contributed by atoms with Gasteiger partial charge in [0.15, 0.2) is 0 Å². The van der Waals surface area contributed by atoms with Crippen molar-refractivity contribution in [1.82, 2.24) is 5.32 Å². The third-order valence-corrected chi connectivity index (χ3v) is 2.92. The van der Waals surface area contributed by atoms with Gasteiger partial charge >= 0.3 is 5.97 Å². The number of nitrogens with one attached hydrogen (secondary N) is 1. The zero-order valence-corrected chi connectivity index (χ0v) is 7.92. The molecular formula is C10H17NO2. The van der Waals surface area contributed by atoms with Crippen molar-refractivity contribution in [3.8, 4) is 0 Å². The van der Waals surface area contributed by atoms with E-state index in [0.717, 1.165) is 25.9 Å². The molecule has 1 heterocycles. The van der Waals surface area contributed by atoms with E-state index < -0.39 is 0 Å². The molecule has 0 aromatic rings. The molecule has 0 atom stereocenters. The molecule has 0 amide bonds. The van der Waals surface area contributed by atoms with Gasteiger partial charge in [0.2, 0.25) is 0 Å². The Balaban J connectivity index is 1.64. The Bertz CT molecular complexity index is 183. The first-order chi connectivity index (χ1) is 6.34. The third kappa shape index (κ3) is 2.44. The molecular weight excluding hydrogens is 166 g/mol. The monoisotopic (exact) mass is 183 g/mol. The number of hydrogen-bond donors (Lipinski definition) is 1. The molecule has 3 nitrogen and oxygen atoms in total. The Morgan fingerprint density at radius 3 is 2.54 bits per heavy atom. The Kier molecular flexibility index (Phi) is 2.83. The third-order valence-electron chi connectivity index (χ3n) is 2.92. The summed E-state index contributed by atoms with van der Waals surface area (Å²) < 4.78 is 5.35. The molecule has 1 saturated carbocycles. The summed E-state index contributed by atoms with van der Waals surface area (Å²) >= 11 is 0. The van der Waals surface area contributed by atoms with Crippen molar-refractivity contribution in [3.63, 3.8) is 0 Å². The van der Waals surface area contributed by atoms with E-state index in [1.807, 2.05) is 0 Å². The van der Waals surface area contributed by atoms with Crippen LogP contribution in [0.3, 0.4) is 0 Å². The van der Waals surface area contributed by atoms with Gasteiger partial charge < -0.3 is 10.1 Å². The van der Waals surface area contributed by atoms with Crippen LogP contribution in [0.4, 0.5) is 0 Å². The van der Waals surface area contributed by atoms with Crippen molar-refractivity contribution in [2.45, 2.75) is 38.2 Å².